The largest absolute Gasteiger partial charge is 0.453 e. The standard InChI is InChI=1S/C19H14N2O.C2H6/c1-21-16-8-4-5-9-18(16)22-19-10-13-12-6-2-3-7-14(12)20-15(13)11-17(19)21;1-2/h2-11,20H,1H3;1-2H3. The molecule has 0 amide bonds. The SMILES string of the molecule is CC.CN1c2ccccc2Oc2cc3c(cc21)[nH]c1ccccc13. The van der Waals surface area contributed by atoms with Crippen LogP contribution in [0.2, 0.25) is 0 Å². The van der Waals surface area contributed by atoms with Gasteiger partial charge in [0, 0.05) is 28.9 Å². The molecular weight excluding hydrogens is 296 g/mol. The van der Waals surface area contributed by atoms with Crippen molar-refractivity contribution in [1.82, 2.24) is 4.98 Å². The maximum absolute atomic E-state index is 6.12. The number of hydrogen-bond acceptors (Lipinski definition) is 2. The van der Waals surface area contributed by atoms with Crippen LogP contribution in [-0.4, -0.2) is 12.0 Å². The van der Waals surface area contributed by atoms with Crippen molar-refractivity contribution >= 4 is 33.2 Å². The van der Waals surface area contributed by atoms with E-state index in [4.69, 9.17) is 4.74 Å². The second-order valence-electron chi connectivity index (χ2n) is 5.66. The van der Waals surface area contributed by atoms with Crippen molar-refractivity contribution in [2.75, 3.05) is 11.9 Å². The minimum atomic E-state index is 0.900. The van der Waals surface area contributed by atoms with Crippen LogP contribution in [0.5, 0.6) is 11.5 Å². The van der Waals surface area contributed by atoms with Gasteiger partial charge in [-0.15, -0.1) is 0 Å². The van der Waals surface area contributed by atoms with Crippen LogP contribution in [0.4, 0.5) is 11.4 Å². The highest BCUT2D eigenvalue weighted by Crippen LogP contribution is 2.47. The predicted octanol–water partition coefficient (Wildman–Crippen LogP) is 6.22. The van der Waals surface area contributed by atoms with Gasteiger partial charge >= 0.3 is 0 Å². The molecule has 5 rings (SSSR count). The molecule has 120 valence electrons. The molecule has 1 aliphatic heterocycles. The van der Waals surface area contributed by atoms with Crippen LogP contribution in [0.1, 0.15) is 13.8 Å². The van der Waals surface area contributed by atoms with Gasteiger partial charge in [0.25, 0.3) is 0 Å². The molecule has 1 aliphatic rings. The minimum Gasteiger partial charge on any atom is -0.453 e. The van der Waals surface area contributed by atoms with Crippen LogP contribution in [0.15, 0.2) is 60.7 Å². The lowest BCUT2D eigenvalue weighted by Crippen LogP contribution is -2.15. The van der Waals surface area contributed by atoms with E-state index in [1.54, 1.807) is 0 Å². The molecular formula is C21H20N2O. The lowest BCUT2D eigenvalue weighted by atomic mass is 10.1. The molecule has 0 radical (unpaired) electrons. The quantitative estimate of drug-likeness (QED) is 0.417. The van der Waals surface area contributed by atoms with Crippen LogP contribution in [0.25, 0.3) is 21.8 Å². The van der Waals surface area contributed by atoms with Crippen molar-refractivity contribution in [2.24, 2.45) is 0 Å². The molecule has 1 aromatic heterocycles. The summed E-state index contributed by atoms with van der Waals surface area (Å²) in [6, 6.07) is 20.8. The monoisotopic (exact) mass is 316 g/mol. The van der Waals surface area contributed by atoms with Gasteiger partial charge in [0.05, 0.1) is 11.4 Å². The summed E-state index contributed by atoms with van der Waals surface area (Å²) in [4.78, 5) is 5.67. The van der Waals surface area contributed by atoms with E-state index < -0.39 is 0 Å². The van der Waals surface area contributed by atoms with Crippen molar-refractivity contribution in [1.29, 1.82) is 0 Å². The molecule has 0 aliphatic carbocycles. The molecule has 3 nitrogen and oxygen atoms in total. The summed E-state index contributed by atoms with van der Waals surface area (Å²) in [5.41, 5.74) is 4.46. The third-order valence-corrected chi connectivity index (χ3v) is 4.39. The summed E-state index contributed by atoms with van der Waals surface area (Å²) in [5, 5.41) is 2.42. The summed E-state index contributed by atoms with van der Waals surface area (Å²) < 4.78 is 6.12. The molecule has 3 aromatic carbocycles. The Labute approximate surface area is 141 Å². The fourth-order valence-electron chi connectivity index (χ4n) is 3.28. The highest BCUT2D eigenvalue weighted by atomic mass is 16.5. The Morgan fingerprint density at radius 1 is 0.750 bits per heavy atom. The van der Waals surface area contributed by atoms with Gasteiger partial charge in [-0.1, -0.05) is 44.2 Å². The van der Waals surface area contributed by atoms with Crippen molar-refractivity contribution in [3.8, 4) is 11.5 Å². The molecule has 4 aromatic rings. The number of nitrogens with one attached hydrogen (secondary N) is 1. The van der Waals surface area contributed by atoms with E-state index in [9.17, 15) is 0 Å². The lowest BCUT2D eigenvalue weighted by molar-refractivity contribution is 0.476. The average molecular weight is 316 g/mol. The summed E-state index contributed by atoms with van der Waals surface area (Å²) in [6.07, 6.45) is 0. The number of fused-ring (bicyclic) bond motifs is 5. The highest BCUT2D eigenvalue weighted by Gasteiger charge is 2.22. The van der Waals surface area contributed by atoms with Crippen LogP contribution < -0.4 is 9.64 Å². The van der Waals surface area contributed by atoms with Gasteiger partial charge < -0.3 is 14.6 Å². The van der Waals surface area contributed by atoms with Gasteiger partial charge in [-0.3, -0.25) is 0 Å². The van der Waals surface area contributed by atoms with Crippen molar-refractivity contribution in [2.45, 2.75) is 13.8 Å². The van der Waals surface area contributed by atoms with Crippen LogP contribution in [-0.2, 0) is 0 Å². The summed E-state index contributed by atoms with van der Waals surface area (Å²) in [6.45, 7) is 4.00. The van der Waals surface area contributed by atoms with E-state index in [1.165, 1.54) is 10.8 Å². The molecule has 2 heterocycles. The van der Waals surface area contributed by atoms with Gasteiger partial charge in [0.2, 0.25) is 0 Å². The van der Waals surface area contributed by atoms with E-state index in [0.29, 0.717) is 0 Å². The Hall–Kier alpha value is -2.94. The first-order valence-electron chi connectivity index (χ1n) is 8.36. The van der Waals surface area contributed by atoms with Crippen molar-refractivity contribution in [3.05, 3.63) is 60.7 Å². The third-order valence-electron chi connectivity index (χ3n) is 4.39. The molecule has 3 heteroatoms. The first-order valence-corrected chi connectivity index (χ1v) is 8.36. The van der Waals surface area contributed by atoms with E-state index >= 15 is 0 Å². The van der Waals surface area contributed by atoms with Gasteiger partial charge in [0.1, 0.15) is 0 Å². The minimum absolute atomic E-state index is 0.900. The van der Waals surface area contributed by atoms with Gasteiger partial charge in [-0.05, 0) is 30.3 Å². The Morgan fingerprint density at radius 3 is 2.38 bits per heavy atom. The zero-order valence-corrected chi connectivity index (χ0v) is 14.1. The number of rotatable bonds is 0. The predicted molar refractivity (Wildman–Crippen MR) is 102 cm³/mol. The highest BCUT2D eigenvalue weighted by molar-refractivity contribution is 6.09. The summed E-state index contributed by atoms with van der Waals surface area (Å²) in [7, 11) is 2.08. The van der Waals surface area contributed by atoms with Crippen LogP contribution >= 0.6 is 0 Å². The molecule has 0 unspecified atom stereocenters. The lowest BCUT2D eigenvalue weighted by Gasteiger charge is -2.29. The number of anilines is 2. The van der Waals surface area contributed by atoms with Crippen molar-refractivity contribution < 1.29 is 4.74 Å². The topological polar surface area (TPSA) is 28.3 Å². The zero-order chi connectivity index (χ0) is 16.7. The Bertz CT molecular complexity index is 1030. The number of hydrogen-bond donors (Lipinski definition) is 1. The number of aromatic nitrogens is 1. The Morgan fingerprint density at radius 2 is 1.50 bits per heavy atom. The van der Waals surface area contributed by atoms with E-state index in [-0.39, 0.29) is 0 Å². The normalized spacial score (nSPS) is 12.2. The Kier molecular flexibility index (Phi) is 3.42. The molecule has 0 saturated carbocycles. The third kappa shape index (κ3) is 2.05. The fourth-order valence-corrected chi connectivity index (χ4v) is 3.28. The molecule has 0 fully saturated rings. The second-order valence-corrected chi connectivity index (χ2v) is 5.66. The molecule has 0 atom stereocenters. The van der Waals surface area contributed by atoms with Gasteiger partial charge in [-0.2, -0.15) is 0 Å². The van der Waals surface area contributed by atoms with Gasteiger partial charge in [-0.25, -0.2) is 0 Å². The summed E-state index contributed by atoms with van der Waals surface area (Å²) in [5.74, 6) is 1.80. The number of para-hydroxylation sites is 3. The number of H-pyrrole nitrogens is 1. The van der Waals surface area contributed by atoms with Crippen LogP contribution in [0, 0.1) is 0 Å². The number of nitrogens with zero attached hydrogens (tertiary/aromatic N) is 1. The fraction of sp³-hybridized carbons (Fsp3) is 0.143. The van der Waals surface area contributed by atoms with Gasteiger partial charge in [0.15, 0.2) is 11.5 Å². The zero-order valence-electron chi connectivity index (χ0n) is 14.1. The molecule has 0 spiro atoms. The smallest absolute Gasteiger partial charge is 0.151 e. The first-order chi connectivity index (χ1) is 11.8. The van der Waals surface area contributed by atoms with E-state index in [2.05, 4.69) is 59.4 Å². The number of benzene rings is 3. The first kappa shape index (κ1) is 14.6. The number of ether oxygens (including phenoxy) is 1. The maximum atomic E-state index is 6.12. The average Bonchev–Trinajstić information content (AvgIpc) is 3.00. The summed E-state index contributed by atoms with van der Waals surface area (Å²) >= 11 is 0. The molecule has 24 heavy (non-hydrogen) atoms. The Balaban J connectivity index is 0.000000704. The van der Waals surface area contributed by atoms with E-state index in [1.807, 2.05) is 32.0 Å². The second kappa shape index (κ2) is 5.60. The van der Waals surface area contributed by atoms with Crippen molar-refractivity contribution in [3.63, 3.8) is 0 Å². The molecule has 1 N–H and O–H groups in total. The maximum Gasteiger partial charge on any atom is 0.151 e. The molecule has 0 bridgehead atoms. The van der Waals surface area contributed by atoms with E-state index in [0.717, 1.165) is 33.9 Å². The molecule has 0 saturated heterocycles. The van der Waals surface area contributed by atoms with Crippen LogP contribution in [0.3, 0.4) is 0 Å². The number of aromatic amines is 1.